The number of rotatable bonds is 3. The van der Waals surface area contributed by atoms with Crippen LogP contribution in [-0.4, -0.2) is 15.0 Å². The van der Waals surface area contributed by atoms with Crippen LogP contribution >= 0.6 is 11.6 Å². The van der Waals surface area contributed by atoms with Gasteiger partial charge >= 0.3 is 0 Å². The first-order chi connectivity index (χ1) is 9.45. The number of halogens is 2. The summed E-state index contributed by atoms with van der Waals surface area (Å²) in [5, 5.41) is 0.185. The zero-order chi connectivity index (χ0) is 14.9. The van der Waals surface area contributed by atoms with Crippen LogP contribution in [0.25, 0.3) is 11.3 Å². The van der Waals surface area contributed by atoms with Gasteiger partial charge in [-0.2, -0.15) is 0 Å². The predicted octanol–water partition coefficient (Wildman–Crippen LogP) is 3.07. The molecule has 2 aromatic rings. The summed E-state index contributed by atoms with van der Waals surface area (Å²) in [7, 11) is -1.29. The molecule has 0 radical (unpaired) electrons. The number of hydrogen-bond donors (Lipinski definition) is 0. The summed E-state index contributed by atoms with van der Waals surface area (Å²) in [6, 6.07) is 6.84. The zero-order valence-electron chi connectivity index (χ0n) is 11.0. The van der Waals surface area contributed by atoms with Crippen LogP contribution in [0.15, 0.2) is 40.0 Å². The third kappa shape index (κ3) is 2.69. The quantitative estimate of drug-likeness (QED) is 0.873. The Morgan fingerprint density at radius 1 is 1.30 bits per heavy atom. The van der Waals surface area contributed by atoms with Crippen molar-refractivity contribution in [2.45, 2.75) is 18.4 Å². The van der Waals surface area contributed by atoms with E-state index >= 15 is 0 Å². The highest BCUT2D eigenvalue weighted by Crippen LogP contribution is 2.31. The van der Waals surface area contributed by atoms with Crippen LogP contribution in [0.2, 0.25) is 5.02 Å². The maximum absolute atomic E-state index is 13.2. The molecule has 3 nitrogen and oxygen atoms in total. The van der Waals surface area contributed by atoms with Crippen molar-refractivity contribution >= 4 is 22.4 Å². The van der Waals surface area contributed by atoms with Crippen LogP contribution in [0.1, 0.15) is 6.92 Å². The number of pyridine rings is 1. The van der Waals surface area contributed by atoms with Gasteiger partial charge in [0.15, 0.2) is 0 Å². The normalized spacial score (nSPS) is 12.4. The SMILES string of the molecule is CCn1c(-c2ccc(F)cc2Cl)c(S(C)=O)ccc1=O. The number of nitrogens with zero attached hydrogens (tertiary/aromatic N) is 1. The van der Waals surface area contributed by atoms with Gasteiger partial charge in [0.05, 0.1) is 26.4 Å². The summed E-state index contributed by atoms with van der Waals surface area (Å²) in [6.45, 7) is 2.22. The van der Waals surface area contributed by atoms with Crippen molar-refractivity contribution in [1.29, 1.82) is 0 Å². The van der Waals surface area contributed by atoms with Crippen molar-refractivity contribution in [3.63, 3.8) is 0 Å². The van der Waals surface area contributed by atoms with Crippen molar-refractivity contribution in [2.24, 2.45) is 0 Å². The van der Waals surface area contributed by atoms with Gasteiger partial charge < -0.3 is 4.57 Å². The Bertz CT molecular complexity index is 742. The lowest BCUT2D eigenvalue weighted by molar-refractivity contribution is 0.628. The van der Waals surface area contributed by atoms with Gasteiger partial charge in [-0.3, -0.25) is 9.00 Å². The van der Waals surface area contributed by atoms with E-state index in [4.69, 9.17) is 11.6 Å². The lowest BCUT2D eigenvalue weighted by Crippen LogP contribution is -2.21. The van der Waals surface area contributed by atoms with Crippen LogP contribution in [0.4, 0.5) is 4.39 Å². The molecule has 1 aromatic heterocycles. The molecule has 1 heterocycles. The first-order valence-electron chi connectivity index (χ1n) is 5.98. The van der Waals surface area contributed by atoms with Gasteiger partial charge in [0.1, 0.15) is 5.82 Å². The Kier molecular flexibility index (Phi) is 4.40. The maximum atomic E-state index is 13.2. The summed E-state index contributed by atoms with van der Waals surface area (Å²) in [5.41, 5.74) is 0.765. The van der Waals surface area contributed by atoms with Crippen molar-refractivity contribution < 1.29 is 8.60 Å². The smallest absolute Gasteiger partial charge is 0.251 e. The fourth-order valence-corrected chi connectivity index (χ4v) is 3.07. The lowest BCUT2D eigenvalue weighted by Gasteiger charge is -2.15. The topological polar surface area (TPSA) is 39.1 Å². The van der Waals surface area contributed by atoms with E-state index in [0.717, 1.165) is 0 Å². The molecule has 6 heteroatoms. The highest BCUT2D eigenvalue weighted by Gasteiger charge is 2.16. The van der Waals surface area contributed by atoms with E-state index in [-0.39, 0.29) is 10.6 Å². The van der Waals surface area contributed by atoms with Crippen molar-refractivity contribution in [3.8, 4) is 11.3 Å². The predicted molar refractivity (Wildman–Crippen MR) is 79.1 cm³/mol. The van der Waals surface area contributed by atoms with E-state index in [9.17, 15) is 13.4 Å². The number of aromatic nitrogens is 1. The molecule has 0 fully saturated rings. The van der Waals surface area contributed by atoms with Crippen LogP contribution in [0, 0.1) is 5.82 Å². The first kappa shape index (κ1) is 14.9. The molecule has 0 bridgehead atoms. The molecule has 0 aliphatic rings. The Morgan fingerprint density at radius 2 is 2.00 bits per heavy atom. The number of hydrogen-bond acceptors (Lipinski definition) is 2. The molecule has 20 heavy (non-hydrogen) atoms. The molecule has 0 amide bonds. The summed E-state index contributed by atoms with van der Waals surface area (Å²) in [6.07, 6.45) is 1.53. The third-order valence-corrected chi connectivity index (χ3v) is 4.22. The molecular formula is C14H13ClFNO2S. The minimum Gasteiger partial charge on any atom is -0.307 e. The second-order valence-electron chi connectivity index (χ2n) is 4.21. The molecular weight excluding hydrogens is 301 g/mol. The molecule has 1 aromatic carbocycles. The van der Waals surface area contributed by atoms with E-state index in [1.165, 1.54) is 41.2 Å². The average Bonchev–Trinajstić information content (AvgIpc) is 2.38. The molecule has 1 unspecified atom stereocenters. The maximum Gasteiger partial charge on any atom is 0.251 e. The van der Waals surface area contributed by atoms with Crippen LogP contribution in [-0.2, 0) is 17.3 Å². The molecule has 0 spiro atoms. The first-order valence-corrected chi connectivity index (χ1v) is 7.92. The van der Waals surface area contributed by atoms with Crippen molar-refractivity contribution in [1.82, 2.24) is 4.57 Å². The second-order valence-corrected chi connectivity index (χ2v) is 5.96. The van der Waals surface area contributed by atoms with Crippen LogP contribution in [0.3, 0.4) is 0 Å². The van der Waals surface area contributed by atoms with Gasteiger partial charge in [-0.1, -0.05) is 11.6 Å². The van der Waals surface area contributed by atoms with Crippen molar-refractivity contribution in [2.75, 3.05) is 6.26 Å². The molecule has 1 atom stereocenters. The van der Waals surface area contributed by atoms with Gasteiger partial charge in [0, 0.05) is 24.4 Å². The van der Waals surface area contributed by atoms with Gasteiger partial charge in [-0.15, -0.1) is 0 Å². The third-order valence-electron chi connectivity index (χ3n) is 2.96. The minimum absolute atomic E-state index is 0.185. The highest BCUT2D eigenvalue weighted by molar-refractivity contribution is 7.84. The molecule has 106 valence electrons. The molecule has 2 rings (SSSR count). The summed E-state index contributed by atoms with van der Waals surface area (Å²) < 4.78 is 26.5. The monoisotopic (exact) mass is 313 g/mol. The highest BCUT2D eigenvalue weighted by atomic mass is 35.5. The van der Waals surface area contributed by atoms with E-state index in [2.05, 4.69) is 0 Å². The number of benzene rings is 1. The Balaban J connectivity index is 2.86. The summed E-state index contributed by atoms with van der Waals surface area (Å²) >= 11 is 6.07. The summed E-state index contributed by atoms with van der Waals surface area (Å²) in [4.78, 5) is 12.4. The van der Waals surface area contributed by atoms with Crippen LogP contribution < -0.4 is 5.56 Å². The molecule has 0 saturated carbocycles. The molecule has 0 aliphatic carbocycles. The van der Waals surface area contributed by atoms with Crippen LogP contribution in [0.5, 0.6) is 0 Å². The van der Waals surface area contributed by atoms with Crippen molar-refractivity contribution in [3.05, 3.63) is 51.5 Å². The van der Waals surface area contributed by atoms with E-state index in [1.54, 1.807) is 0 Å². The second kappa shape index (κ2) is 5.89. The Morgan fingerprint density at radius 3 is 2.55 bits per heavy atom. The van der Waals surface area contributed by atoms with Gasteiger partial charge in [0.25, 0.3) is 5.56 Å². The Hall–Kier alpha value is -1.46. The zero-order valence-corrected chi connectivity index (χ0v) is 12.6. The Labute approximate surface area is 123 Å². The fraction of sp³-hybridized carbons (Fsp3) is 0.214. The molecule has 0 N–H and O–H groups in total. The minimum atomic E-state index is -1.29. The lowest BCUT2D eigenvalue weighted by atomic mass is 10.1. The largest absolute Gasteiger partial charge is 0.307 e. The van der Waals surface area contributed by atoms with Gasteiger partial charge in [-0.25, -0.2) is 4.39 Å². The molecule has 0 saturated heterocycles. The average molecular weight is 314 g/mol. The summed E-state index contributed by atoms with van der Waals surface area (Å²) in [5.74, 6) is -0.459. The molecule has 0 aliphatic heterocycles. The fourth-order valence-electron chi connectivity index (χ4n) is 2.06. The standard InChI is InChI=1S/C14H13ClFNO2S/c1-3-17-13(18)7-6-12(20(2)19)14(17)10-5-4-9(16)8-11(10)15/h4-8H,3H2,1-2H3. The van der Waals surface area contributed by atoms with E-state index in [1.807, 2.05) is 6.92 Å². The van der Waals surface area contributed by atoms with E-state index in [0.29, 0.717) is 22.7 Å². The van der Waals surface area contributed by atoms with Gasteiger partial charge in [0.2, 0.25) is 0 Å². The van der Waals surface area contributed by atoms with E-state index < -0.39 is 16.6 Å². The van der Waals surface area contributed by atoms with Gasteiger partial charge in [-0.05, 0) is 31.2 Å².